The summed E-state index contributed by atoms with van der Waals surface area (Å²) in [6.45, 7) is 16.2. The lowest BCUT2D eigenvalue weighted by Crippen LogP contribution is -2.52. The van der Waals surface area contributed by atoms with Gasteiger partial charge in [-0.2, -0.15) is 0 Å². The molecule has 34 heavy (non-hydrogen) atoms. The zero-order valence-electron chi connectivity index (χ0n) is 22.1. The van der Waals surface area contributed by atoms with Crippen LogP contribution in [0.3, 0.4) is 0 Å². The molecule has 1 aromatic carbocycles. The second-order valence-corrected chi connectivity index (χ2v) is 12.3. The van der Waals surface area contributed by atoms with Crippen molar-refractivity contribution in [2.75, 3.05) is 6.54 Å². The van der Waals surface area contributed by atoms with Crippen molar-refractivity contribution in [1.82, 2.24) is 10.2 Å². The van der Waals surface area contributed by atoms with Gasteiger partial charge in [0.15, 0.2) is 5.84 Å². The highest BCUT2D eigenvalue weighted by atomic mass is 16.4. The molecule has 6 nitrogen and oxygen atoms in total. The van der Waals surface area contributed by atoms with Crippen LogP contribution in [0.15, 0.2) is 29.3 Å². The van der Waals surface area contributed by atoms with Gasteiger partial charge in [0.1, 0.15) is 5.66 Å². The highest BCUT2D eigenvalue weighted by Gasteiger charge is 2.52. The number of amides is 1. The zero-order valence-corrected chi connectivity index (χ0v) is 22.1. The molecule has 3 rings (SSSR count). The number of carboxylic acid groups (broad SMARTS) is 1. The molecule has 0 radical (unpaired) electrons. The van der Waals surface area contributed by atoms with Gasteiger partial charge in [-0.3, -0.25) is 4.79 Å². The summed E-state index contributed by atoms with van der Waals surface area (Å²) in [6, 6.07) is 6.91. The summed E-state index contributed by atoms with van der Waals surface area (Å²) in [5, 5.41) is 12.6. The predicted octanol–water partition coefficient (Wildman–Crippen LogP) is 6.04. The topological polar surface area (TPSA) is 82.0 Å². The highest BCUT2D eigenvalue weighted by Crippen LogP contribution is 2.49. The van der Waals surface area contributed by atoms with E-state index >= 15 is 0 Å². The van der Waals surface area contributed by atoms with Crippen molar-refractivity contribution < 1.29 is 14.7 Å². The van der Waals surface area contributed by atoms with Crippen LogP contribution in [0.4, 0.5) is 0 Å². The van der Waals surface area contributed by atoms with Gasteiger partial charge in [-0.15, -0.1) is 0 Å². The van der Waals surface area contributed by atoms with Crippen LogP contribution in [0.5, 0.6) is 0 Å². The van der Waals surface area contributed by atoms with Gasteiger partial charge in [0, 0.05) is 6.54 Å². The highest BCUT2D eigenvalue weighted by molar-refractivity contribution is 6.39. The monoisotopic (exact) mass is 469 g/mol. The van der Waals surface area contributed by atoms with Crippen LogP contribution in [0, 0.1) is 16.7 Å². The maximum atomic E-state index is 13.8. The average Bonchev–Trinajstić information content (AvgIpc) is 2.99. The van der Waals surface area contributed by atoms with Gasteiger partial charge in [-0.1, -0.05) is 53.7 Å². The molecular formula is C28H43N3O3. The van der Waals surface area contributed by atoms with Crippen molar-refractivity contribution >= 4 is 17.7 Å². The second-order valence-electron chi connectivity index (χ2n) is 12.3. The van der Waals surface area contributed by atoms with Crippen LogP contribution < -0.4 is 5.32 Å². The third kappa shape index (κ3) is 5.64. The number of aromatic carboxylic acids is 1. The van der Waals surface area contributed by atoms with Crippen LogP contribution in [0.25, 0.3) is 0 Å². The summed E-state index contributed by atoms with van der Waals surface area (Å²) in [7, 11) is 0. The molecular weight excluding hydrogens is 426 g/mol. The minimum absolute atomic E-state index is 0.0303. The van der Waals surface area contributed by atoms with Crippen molar-refractivity contribution in [2.45, 2.75) is 98.7 Å². The Morgan fingerprint density at radius 2 is 1.74 bits per heavy atom. The third-order valence-electron chi connectivity index (χ3n) is 7.57. The van der Waals surface area contributed by atoms with E-state index in [-0.39, 0.29) is 28.3 Å². The molecule has 188 valence electrons. The molecule has 0 aromatic heterocycles. The number of carbonyl (C=O) groups is 2. The Balaban J connectivity index is 2.02. The lowest BCUT2D eigenvalue weighted by atomic mass is 9.69. The van der Waals surface area contributed by atoms with Crippen LogP contribution in [0.2, 0.25) is 0 Å². The van der Waals surface area contributed by atoms with Gasteiger partial charge in [0.2, 0.25) is 0 Å². The van der Waals surface area contributed by atoms with Gasteiger partial charge in [-0.05, 0) is 79.9 Å². The molecule has 0 saturated heterocycles. The summed E-state index contributed by atoms with van der Waals surface area (Å²) in [6.07, 6.45) is 5.55. The summed E-state index contributed by atoms with van der Waals surface area (Å²) in [5.41, 5.74) is 1.06. The minimum Gasteiger partial charge on any atom is -0.478 e. The molecule has 1 saturated carbocycles. The van der Waals surface area contributed by atoms with Crippen molar-refractivity contribution in [3.05, 3.63) is 35.4 Å². The van der Waals surface area contributed by atoms with Gasteiger partial charge < -0.3 is 15.3 Å². The Hall–Kier alpha value is -2.37. The predicted molar refractivity (Wildman–Crippen MR) is 137 cm³/mol. The number of amidine groups is 1. The van der Waals surface area contributed by atoms with Crippen LogP contribution in [-0.4, -0.2) is 39.9 Å². The number of hydrogen-bond donors (Lipinski definition) is 2. The molecule has 2 aliphatic rings. The van der Waals surface area contributed by atoms with Crippen molar-refractivity contribution in [3.8, 4) is 0 Å². The molecule has 0 unspecified atom stereocenters. The normalized spacial score (nSPS) is 24.3. The lowest BCUT2D eigenvalue weighted by Gasteiger charge is -2.47. The number of carboxylic acids is 1. The van der Waals surface area contributed by atoms with E-state index in [2.05, 4.69) is 46.9 Å². The minimum atomic E-state index is -0.940. The maximum Gasteiger partial charge on any atom is 0.335 e. The number of nitrogens with zero attached hydrogens (tertiary/aromatic N) is 2. The number of nitrogens with one attached hydrogen (secondary N) is 1. The SMILES string of the molecule is CCNC1=NC2(CCC(C(C)(C)C)CC2)N([C@H](CCC(C)(C)C)c2ccc(C(=O)O)cc2)C1=O. The number of likely N-dealkylation sites (N-methyl/N-ethyl adjacent to an activating group) is 1. The van der Waals surface area contributed by atoms with E-state index in [1.54, 1.807) is 12.1 Å². The lowest BCUT2D eigenvalue weighted by molar-refractivity contribution is -0.134. The first-order valence-electron chi connectivity index (χ1n) is 12.8. The van der Waals surface area contributed by atoms with E-state index in [1.165, 1.54) is 0 Å². The summed E-state index contributed by atoms with van der Waals surface area (Å²) >= 11 is 0. The molecule has 1 aliphatic carbocycles. The maximum absolute atomic E-state index is 13.8. The fourth-order valence-electron chi connectivity index (χ4n) is 5.49. The Morgan fingerprint density at radius 3 is 2.21 bits per heavy atom. The smallest absolute Gasteiger partial charge is 0.335 e. The van der Waals surface area contributed by atoms with Crippen LogP contribution in [0.1, 0.15) is 109 Å². The van der Waals surface area contributed by atoms with Gasteiger partial charge in [0.25, 0.3) is 5.91 Å². The van der Waals surface area contributed by atoms with E-state index in [4.69, 9.17) is 4.99 Å². The van der Waals surface area contributed by atoms with Crippen LogP contribution >= 0.6 is 0 Å². The average molecular weight is 470 g/mol. The standard InChI is InChI=1S/C28H43N3O3/c1-8-29-23-24(32)31(28(30-23)17-13-21(14-18-28)27(5,6)7)22(15-16-26(2,3)4)19-9-11-20(12-10-19)25(33)34/h9-12,21-22H,8,13-18H2,1-7H3,(H,29,30)(H,33,34)/t21?,22-,28?/m1/s1. The number of hydrogen-bond acceptors (Lipinski definition) is 4. The van der Waals surface area contributed by atoms with Gasteiger partial charge in [-0.25, -0.2) is 9.79 Å². The molecule has 6 heteroatoms. The van der Waals surface area contributed by atoms with E-state index in [0.29, 0.717) is 18.3 Å². The first-order chi connectivity index (χ1) is 15.8. The Labute approximate surface area is 205 Å². The Bertz CT molecular complexity index is 914. The molecule has 2 N–H and O–H groups in total. The quantitative estimate of drug-likeness (QED) is 0.532. The first kappa shape index (κ1) is 26.2. The summed E-state index contributed by atoms with van der Waals surface area (Å²) in [5.74, 6) is 0.109. The molecule has 1 aliphatic heterocycles. The molecule has 1 fully saturated rings. The second kappa shape index (κ2) is 9.71. The van der Waals surface area contributed by atoms with E-state index in [9.17, 15) is 14.7 Å². The Morgan fingerprint density at radius 1 is 1.15 bits per heavy atom. The number of rotatable bonds is 6. The van der Waals surface area contributed by atoms with E-state index in [1.807, 2.05) is 24.0 Å². The van der Waals surface area contributed by atoms with Crippen molar-refractivity contribution in [1.29, 1.82) is 0 Å². The van der Waals surface area contributed by atoms with Gasteiger partial charge in [0.05, 0.1) is 11.6 Å². The number of benzene rings is 1. The van der Waals surface area contributed by atoms with E-state index < -0.39 is 11.6 Å². The zero-order chi connectivity index (χ0) is 25.3. The molecule has 0 bridgehead atoms. The summed E-state index contributed by atoms with van der Waals surface area (Å²) in [4.78, 5) is 32.3. The summed E-state index contributed by atoms with van der Waals surface area (Å²) < 4.78 is 0. The molecule has 1 aromatic rings. The third-order valence-corrected chi connectivity index (χ3v) is 7.57. The fourth-order valence-corrected chi connectivity index (χ4v) is 5.49. The molecule has 1 heterocycles. The number of aliphatic imine (C=N–C) groups is 1. The van der Waals surface area contributed by atoms with E-state index in [0.717, 1.165) is 44.1 Å². The molecule has 1 spiro atoms. The van der Waals surface area contributed by atoms with Crippen LogP contribution in [-0.2, 0) is 4.79 Å². The van der Waals surface area contributed by atoms with Crippen molar-refractivity contribution in [3.63, 3.8) is 0 Å². The fraction of sp³-hybridized carbons (Fsp3) is 0.679. The molecule has 1 atom stereocenters. The van der Waals surface area contributed by atoms with Gasteiger partial charge >= 0.3 is 5.97 Å². The largest absolute Gasteiger partial charge is 0.478 e. The first-order valence-corrected chi connectivity index (χ1v) is 12.8. The number of carbonyl (C=O) groups excluding carboxylic acids is 1. The van der Waals surface area contributed by atoms with Crippen molar-refractivity contribution in [2.24, 2.45) is 21.7 Å². The molecule has 1 amide bonds. The Kier molecular flexibility index (Phi) is 7.49.